The summed E-state index contributed by atoms with van der Waals surface area (Å²) in [5.41, 5.74) is 1.69. The Hall–Kier alpha value is -3.49. The number of amides is 1. The standard InChI is InChI=1S/C23H21F3N4O2/c1-13-6-7-27-11-18(13)20(31)9-16-10-28-30-15(3)12-29(22(32)21(16)30)17-4-5-19(14(2)8-17)23(24,25)26/h4-8,10-11,15H,9,12H2,1-3H3/t15-/m0/s1. The fourth-order valence-electron chi connectivity index (χ4n) is 4.03. The minimum atomic E-state index is -4.46. The molecule has 1 aliphatic rings. The highest BCUT2D eigenvalue weighted by atomic mass is 19.4. The van der Waals surface area contributed by atoms with Crippen molar-refractivity contribution in [1.82, 2.24) is 14.8 Å². The maximum atomic E-state index is 13.3. The van der Waals surface area contributed by atoms with Crippen molar-refractivity contribution < 1.29 is 22.8 Å². The fourth-order valence-corrected chi connectivity index (χ4v) is 4.03. The van der Waals surface area contributed by atoms with E-state index >= 15 is 0 Å². The highest BCUT2D eigenvalue weighted by molar-refractivity contribution is 6.08. The quantitative estimate of drug-likeness (QED) is 0.556. The Labute approximate surface area is 182 Å². The van der Waals surface area contributed by atoms with E-state index in [1.54, 1.807) is 16.9 Å². The number of hydrogen-bond acceptors (Lipinski definition) is 4. The first-order valence-electron chi connectivity index (χ1n) is 10.1. The molecule has 0 bridgehead atoms. The Bertz CT molecular complexity index is 1220. The summed E-state index contributed by atoms with van der Waals surface area (Å²) >= 11 is 0. The third-order valence-corrected chi connectivity index (χ3v) is 5.70. The number of aromatic nitrogens is 3. The average Bonchev–Trinajstić information content (AvgIpc) is 3.14. The maximum Gasteiger partial charge on any atom is 0.416 e. The minimum absolute atomic E-state index is 0.0276. The Morgan fingerprint density at radius 3 is 2.56 bits per heavy atom. The number of pyridine rings is 1. The lowest BCUT2D eigenvalue weighted by Crippen LogP contribution is -2.43. The van der Waals surface area contributed by atoms with E-state index in [-0.39, 0.29) is 36.0 Å². The van der Waals surface area contributed by atoms with Crippen LogP contribution in [0.4, 0.5) is 18.9 Å². The minimum Gasteiger partial charge on any atom is -0.305 e. The van der Waals surface area contributed by atoms with Crippen LogP contribution in [0.15, 0.2) is 42.9 Å². The zero-order valence-corrected chi connectivity index (χ0v) is 17.8. The molecule has 3 heterocycles. The van der Waals surface area contributed by atoms with E-state index in [4.69, 9.17) is 0 Å². The largest absolute Gasteiger partial charge is 0.416 e. The molecule has 0 saturated heterocycles. The number of carbonyl (C=O) groups excluding carboxylic acids is 2. The molecule has 0 spiro atoms. The Balaban J connectivity index is 1.67. The van der Waals surface area contributed by atoms with Gasteiger partial charge in [0.05, 0.1) is 17.8 Å². The van der Waals surface area contributed by atoms with Crippen molar-refractivity contribution >= 4 is 17.4 Å². The smallest absolute Gasteiger partial charge is 0.305 e. The molecule has 1 aliphatic heterocycles. The van der Waals surface area contributed by atoms with Gasteiger partial charge in [-0.05, 0) is 56.2 Å². The van der Waals surface area contributed by atoms with E-state index in [9.17, 15) is 22.8 Å². The van der Waals surface area contributed by atoms with Gasteiger partial charge in [-0.25, -0.2) is 0 Å². The molecule has 0 radical (unpaired) electrons. The topological polar surface area (TPSA) is 68.1 Å². The van der Waals surface area contributed by atoms with Crippen LogP contribution in [0.5, 0.6) is 0 Å². The Morgan fingerprint density at radius 1 is 1.16 bits per heavy atom. The zero-order valence-electron chi connectivity index (χ0n) is 17.8. The monoisotopic (exact) mass is 442 g/mol. The summed E-state index contributed by atoms with van der Waals surface area (Å²) < 4.78 is 41.0. The lowest BCUT2D eigenvalue weighted by molar-refractivity contribution is -0.138. The number of benzene rings is 1. The van der Waals surface area contributed by atoms with Crippen molar-refractivity contribution in [2.75, 3.05) is 11.4 Å². The molecule has 0 aliphatic carbocycles. The second-order valence-electron chi connectivity index (χ2n) is 8.02. The number of halogens is 3. The van der Waals surface area contributed by atoms with Gasteiger partial charge in [0.2, 0.25) is 0 Å². The van der Waals surface area contributed by atoms with E-state index in [0.29, 0.717) is 16.8 Å². The zero-order chi connectivity index (χ0) is 23.2. The number of fused-ring (bicyclic) bond motifs is 1. The Morgan fingerprint density at radius 2 is 1.91 bits per heavy atom. The van der Waals surface area contributed by atoms with Gasteiger partial charge < -0.3 is 4.90 Å². The summed E-state index contributed by atoms with van der Waals surface area (Å²) in [7, 11) is 0. The highest BCUT2D eigenvalue weighted by Gasteiger charge is 2.36. The lowest BCUT2D eigenvalue weighted by Gasteiger charge is -2.32. The average molecular weight is 442 g/mol. The van der Waals surface area contributed by atoms with Crippen LogP contribution in [0.25, 0.3) is 0 Å². The van der Waals surface area contributed by atoms with Crippen molar-refractivity contribution in [2.45, 2.75) is 39.4 Å². The van der Waals surface area contributed by atoms with Gasteiger partial charge in [-0.3, -0.25) is 19.3 Å². The van der Waals surface area contributed by atoms with E-state index in [2.05, 4.69) is 10.1 Å². The van der Waals surface area contributed by atoms with Crippen LogP contribution in [0, 0.1) is 13.8 Å². The first-order chi connectivity index (χ1) is 15.1. The van der Waals surface area contributed by atoms with E-state index in [0.717, 1.165) is 11.6 Å². The van der Waals surface area contributed by atoms with Gasteiger partial charge in [-0.15, -0.1) is 0 Å². The molecule has 0 saturated carbocycles. The fraction of sp³-hybridized carbons (Fsp3) is 0.304. The maximum absolute atomic E-state index is 13.3. The molecule has 1 aromatic carbocycles. The van der Waals surface area contributed by atoms with E-state index in [1.165, 1.54) is 36.4 Å². The third-order valence-electron chi connectivity index (χ3n) is 5.70. The van der Waals surface area contributed by atoms with Gasteiger partial charge in [-0.1, -0.05) is 0 Å². The number of rotatable bonds is 4. The molecule has 1 amide bonds. The van der Waals surface area contributed by atoms with Crippen LogP contribution in [-0.4, -0.2) is 33.0 Å². The molecule has 3 aromatic rings. The SMILES string of the molecule is Cc1ccncc1C(=O)Cc1cnn2c1C(=O)N(c1ccc(C(F)(F)F)c(C)c1)C[C@@H]2C. The number of nitrogens with zero attached hydrogens (tertiary/aromatic N) is 4. The second kappa shape index (κ2) is 7.89. The van der Waals surface area contributed by atoms with Crippen LogP contribution in [-0.2, 0) is 12.6 Å². The number of hydrogen-bond donors (Lipinski definition) is 0. The molecule has 0 N–H and O–H groups in total. The molecule has 1 atom stereocenters. The van der Waals surface area contributed by atoms with E-state index < -0.39 is 17.6 Å². The first kappa shape index (κ1) is 21.7. The predicted molar refractivity (Wildman–Crippen MR) is 112 cm³/mol. The lowest BCUT2D eigenvalue weighted by atomic mass is 10.00. The number of ketones is 1. The van der Waals surface area contributed by atoms with E-state index in [1.807, 2.05) is 13.8 Å². The first-order valence-corrected chi connectivity index (χ1v) is 10.1. The predicted octanol–water partition coefficient (Wildman–Crippen LogP) is 4.56. The van der Waals surface area contributed by atoms with Crippen molar-refractivity contribution in [3.8, 4) is 0 Å². The Kier molecular flexibility index (Phi) is 5.36. The molecule has 166 valence electrons. The third kappa shape index (κ3) is 3.79. The molecule has 32 heavy (non-hydrogen) atoms. The van der Waals surface area contributed by atoms with Crippen LogP contribution in [0.3, 0.4) is 0 Å². The van der Waals surface area contributed by atoms with Gasteiger partial charge in [0, 0.05) is 42.2 Å². The van der Waals surface area contributed by atoms with Gasteiger partial charge in [-0.2, -0.15) is 18.3 Å². The van der Waals surface area contributed by atoms with Gasteiger partial charge in [0.1, 0.15) is 5.69 Å². The molecule has 6 nitrogen and oxygen atoms in total. The molecule has 9 heteroatoms. The molecule has 0 fully saturated rings. The van der Waals surface area contributed by atoms with Crippen molar-refractivity contribution in [2.24, 2.45) is 0 Å². The number of anilines is 1. The summed E-state index contributed by atoms with van der Waals surface area (Å²) in [6, 6.07) is 5.18. The summed E-state index contributed by atoms with van der Waals surface area (Å²) in [4.78, 5) is 31.6. The summed E-state index contributed by atoms with van der Waals surface area (Å²) in [5.74, 6) is -0.584. The second-order valence-corrected chi connectivity index (χ2v) is 8.02. The van der Waals surface area contributed by atoms with Gasteiger partial charge in [0.15, 0.2) is 5.78 Å². The number of aryl methyl sites for hydroxylation is 2. The van der Waals surface area contributed by atoms with Gasteiger partial charge >= 0.3 is 6.18 Å². The summed E-state index contributed by atoms with van der Waals surface area (Å²) in [6.45, 7) is 5.30. The normalized spacial score (nSPS) is 16.2. The van der Waals surface area contributed by atoms with Crippen LogP contribution in [0.2, 0.25) is 0 Å². The number of alkyl halides is 3. The highest BCUT2D eigenvalue weighted by Crippen LogP contribution is 2.35. The van der Waals surface area contributed by atoms with Gasteiger partial charge in [0.25, 0.3) is 5.91 Å². The van der Waals surface area contributed by atoms with Crippen molar-refractivity contribution in [3.63, 3.8) is 0 Å². The summed E-state index contributed by atoms with van der Waals surface area (Å²) in [6.07, 6.45) is 0.117. The van der Waals surface area contributed by atoms with Crippen molar-refractivity contribution in [3.05, 3.63) is 76.4 Å². The van der Waals surface area contributed by atoms with Crippen LogP contribution < -0.4 is 4.90 Å². The van der Waals surface area contributed by atoms with Crippen LogP contribution >= 0.6 is 0 Å². The molecule has 4 rings (SSSR count). The number of Topliss-reactive ketones (excluding diaryl/α,β-unsaturated/α-hetero) is 1. The van der Waals surface area contributed by atoms with Crippen LogP contribution in [0.1, 0.15) is 56.1 Å². The molecular formula is C23H21F3N4O2. The molecule has 2 aromatic heterocycles. The molecular weight excluding hydrogens is 421 g/mol. The summed E-state index contributed by atoms with van der Waals surface area (Å²) in [5, 5.41) is 4.30. The number of carbonyl (C=O) groups is 2. The molecule has 0 unspecified atom stereocenters. The van der Waals surface area contributed by atoms with Crippen molar-refractivity contribution in [1.29, 1.82) is 0 Å².